The summed E-state index contributed by atoms with van der Waals surface area (Å²) in [5.41, 5.74) is 1.45. The molecule has 0 heterocycles. The Hall–Kier alpha value is -0.455. The Balaban J connectivity index is 3.60. The summed E-state index contributed by atoms with van der Waals surface area (Å²) in [5.74, 6) is 2.30. The van der Waals surface area contributed by atoms with Crippen LogP contribution in [0.3, 0.4) is 0 Å². The maximum Gasteiger partial charge on any atom is 0.162 e. The lowest BCUT2D eigenvalue weighted by molar-refractivity contribution is 1.20. The third-order valence-electron chi connectivity index (χ3n) is 2.04. The van der Waals surface area contributed by atoms with Gasteiger partial charge in [0.1, 0.15) is 0 Å². The van der Waals surface area contributed by atoms with Gasteiger partial charge in [-0.1, -0.05) is 37.8 Å². The van der Waals surface area contributed by atoms with E-state index < -0.39 is 0 Å². The summed E-state index contributed by atoms with van der Waals surface area (Å²) in [6.07, 6.45) is 6.79. The molecule has 0 spiro atoms. The van der Waals surface area contributed by atoms with Gasteiger partial charge in [0.25, 0.3) is 0 Å². The van der Waals surface area contributed by atoms with E-state index >= 15 is 0 Å². The van der Waals surface area contributed by atoms with Gasteiger partial charge in [0.2, 0.25) is 0 Å². The van der Waals surface area contributed by atoms with Crippen LogP contribution in [0.1, 0.15) is 27.2 Å². The van der Waals surface area contributed by atoms with E-state index in [4.69, 9.17) is 0 Å². The number of hydrogen-bond donors (Lipinski definition) is 0. The van der Waals surface area contributed by atoms with E-state index in [1.807, 2.05) is 0 Å². The molecule has 11 heavy (non-hydrogen) atoms. The molecule has 62 valence electrons. The van der Waals surface area contributed by atoms with E-state index in [0.717, 1.165) is 13.1 Å². The minimum atomic E-state index is 0.736. The second-order valence-corrected chi connectivity index (χ2v) is 3.15. The van der Waals surface area contributed by atoms with E-state index in [1.165, 1.54) is 11.9 Å². The Bertz CT molecular complexity index is 145. The van der Waals surface area contributed by atoms with Crippen molar-refractivity contribution in [2.75, 3.05) is 0 Å². The Morgan fingerprint density at radius 1 is 1.45 bits per heavy atom. The summed E-state index contributed by atoms with van der Waals surface area (Å²) in [4.78, 5) is 0. The monoisotopic (exact) mass is 150 g/mol. The van der Waals surface area contributed by atoms with Crippen LogP contribution in [0.25, 0.3) is 0 Å². The van der Waals surface area contributed by atoms with Gasteiger partial charge in [-0.05, 0) is 20.3 Å². The first-order valence-corrected chi connectivity index (χ1v) is 4.49. The van der Waals surface area contributed by atoms with Gasteiger partial charge in [0, 0.05) is 0 Å². The van der Waals surface area contributed by atoms with Crippen molar-refractivity contribution >= 4 is 6.71 Å². The van der Waals surface area contributed by atoms with E-state index in [-0.39, 0.29) is 0 Å². The molecule has 0 aromatic rings. The average Bonchev–Trinajstić information content (AvgIpc) is 2.04. The molecule has 0 aromatic carbocycles. The first-order chi connectivity index (χ1) is 5.20. The molecule has 0 N–H and O–H groups in total. The van der Waals surface area contributed by atoms with Crippen molar-refractivity contribution in [3.63, 3.8) is 0 Å². The lowest BCUT2D eigenvalue weighted by Crippen LogP contribution is -1.98. The molecule has 0 unspecified atom stereocenters. The number of hydrogen-bond acceptors (Lipinski definition) is 0. The predicted molar refractivity (Wildman–Crippen MR) is 55.3 cm³/mol. The highest BCUT2D eigenvalue weighted by Crippen LogP contribution is 2.01. The fraction of sp³-hybridized carbons (Fsp3) is 0.600. The molecular formula is C10H19B. The molecule has 0 aromatic heterocycles. The van der Waals surface area contributed by atoms with Crippen molar-refractivity contribution in [1.82, 2.24) is 0 Å². The average molecular weight is 150 g/mol. The molecule has 0 aliphatic rings. The van der Waals surface area contributed by atoms with Gasteiger partial charge in [-0.2, -0.15) is 0 Å². The highest BCUT2D eigenvalue weighted by atomic mass is 13.8. The Kier molecular flexibility index (Phi) is 6.01. The maximum absolute atomic E-state index is 2.30. The van der Waals surface area contributed by atoms with Crippen molar-refractivity contribution in [3.05, 3.63) is 23.7 Å². The van der Waals surface area contributed by atoms with E-state index in [9.17, 15) is 0 Å². The minimum Gasteiger partial charge on any atom is -0.119 e. The Morgan fingerprint density at radius 2 is 2.09 bits per heavy atom. The van der Waals surface area contributed by atoms with Crippen LogP contribution in [0.15, 0.2) is 23.7 Å². The molecule has 0 aliphatic heterocycles. The van der Waals surface area contributed by atoms with Gasteiger partial charge in [0.05, 0.1) is 0 Å². The summed E-state index contributed by atoms with van der Waals surface area (Å²) in [6.45, 7) is 9.46. The zero-order chi connectivity index (χ0) is 8.69. The van der Waals surface area contributed by atoms with E-state index in [2.05, 4.69) is 45.7 Å². The predicted octanol–water partition coefficient (Wildman–Crippen LogP) is 3.58. The van der Waals surface area contributed by atoms with Crippen LogP contribution >= 0.6 is 0 Å². The van der Waals surface area contributed by atoms with Crippen molar-refractivity contribution < 1.29 is 0 Å². The fourth-order valence-corrected chi connectivity index (χ4v) is 0.740. The fourth-order valence-electron chi connectivity index (χ4n) is 0.740. The minimum absolute atomic E-state index is 0.736. The van der Waals surface area contributed by atoms with Crippen LogP contribution in [0.2, 0.25) is 13.1 Å². The molecule has 0 rings (SSSR count). The lowest BCUT2D eigenvalue weighted by Gasteiger charge is -1.95. The van der Waals surface area contributed by atoms with Crippen LogP contribution in [0.4, 0.5) is 0 Å². The first kappa shape index (κ1) is 10.5. The van der Waals surface area contributed by atoms with Gasteiger partial charge in [-0.25, -0.2) is 0 Å². The van der Waals surface area contributed by atoms with Gasteiger partial charge in [-0.3, -0.25) is 0 Å². The summed E-state index contributed by atoms with van der Waals surface area (Å²) in [5, 5.41) is 0. The van der Waals surface area contributed by atoms with Crippen LogP contribution in [0.5, 0.6) is 0 Å². The van der Waals surface area contributed by atoms with Crippen LogP contribution in [0, 0.1) is 0 Å². The van der Waals surface area contributed by atoms with Crippen LogP contribution in [-0.2, 0) is 0 Å². The van der Waals surface area contributed by atoms with Gasteiger partial charge < -0.3 is 0 Å². The largest absolute Gasteiger partial charge is 0.162 e. The first-order valence-electron chi connectivity index (χ1n) is 4.49. The summed E-state index contributed by atoms with van der Waals surface area (Å²) < 4.78 is 0. The third kappa shape index (κ3) is 5.96. The lowest BCUT2D eigenvalue weighted by atomic mass is 9.50. The van der Waals surface area contributed by atoms with Crippen molar-refractivity contribution in [1.29, 1.82) is 0 Å². The molecule has 0 saturated heterocycles. The molecule has 0 fully saturated rings. The molecule has 0 bridgehead atoms. The number of allylic oxidation sites excluding steroid dienone is 3. The molecule has 0 amide bonds. The van der Waals surface area contributed by atoms with Gasteiger partial charge in [-0.15, -0.1) is 5.98 Å². The van der Waals surface area contributed by atoms with Crippen molar-refractivity contribution in [3.8, 4) is 0 Å². The number of rotatable bonds is 4. The quantitative estimate of drug-likeness (QED) is 0.424. The van der Waals surface area contributed by atoms with E-state index in [0.29, 0.717) is 0 Å². The molecule has 0 saturated carbocycles. The zero-order valence-electron chi connectivity index (χ0n) is 8.22. The second-order valence-electron chi connectivity index (χ2n) is 3.15. The van der Waals surface area contributed by atoms with Crippen LogP contribution < -0.4 is 0 Å². The molecule has 0 nitrogen and oxygen atoms in total. The highest BCUT2D eigenvalue weighted by Gasteiger charge is 1.94. The van der Waals surface area contributed by atoms with Crippen molar-refractivity contribution in [2.24, 2.45) is 0 Å². The normalized spacial score (nSPS) is 12.5. The van der Waals surface area contributed by atoms with E-state index in [1.54, 1.807) is 0 Å². The van der Waals surface area contributed by atoms with Gasteiger partial charge in [0.15, 0.2) is 6.71 Å². The summed E-state index contributed by atoms with van der Waals surface area (Å²) >= 11 is 0. The Morgan fingerprint density at radius 3 is 2.55 bits per heavy atom. The van der Waals surface area contributed by atoms with Gasteiger partial charge >= 0.3 is 0 Å². The Labute approximate surface area is 71.5 Å². The smallest absolute Gasteiger partial charge is 0.119 e. The molecular weight excluding hydrogens is 131 g/mol. The topological polar surface area (TPSA) is 0 Å². The second kappa shape index (κ2) is 6.27. The van der Waals surface area contributed by atoms with Crippen LogP contribution in [-0.4, -0.2) is 6.71 Å². The third-order valence-corrected chi connectivity index (χ3v) is 2.04. The molecule has 1 heteroatoms. The molecule has 0 aliphatic carbocycles. The maximum atomic E-state index is 2.30. The zero-order valence-corrected chi connectivity index (χ0v) is 8.22. The summed E-state index contributed by atoms with van der Waals surface area (Å²) in [6, 6.07) is 0. The summed E-state index contributed by atoms with van der Waals surface area (Å²) in [7, 11) is 0. The van der Waals surface area contributed by atoms with Crippen molar-refractivity contribution in [2.45, 2.75) is 40.3 Å². The standard InChI is InChI=1S/C10H19B/c1-5-10(3)8-7-9-11(4)6-2/h5,7,9H,6,8H2,1-4H3/b9-7+,10-5-. The molecule has 0 atom stereocenters. The highest BCUT2D eigenvalue weighted by molar-refractivity contribution is 6.62. The molecule has 0 radical (unpaired) electrons. The SMILES string of the molecule is C/C=C(/C)C/C=C/B(C)CC.